The van der Waals surface area contributed by atoms with Gasteiger partial charge in [-0.25, -0.2) is 22.7 Å². The number of H-pyrrole nitrogens is 1. The summed E-state index contributed by atoms with van der Waals surface area (Å²) in [6.07, 6.45) is 0. The second-order valence-corrected chi connectivity index (χ2v) is 5.97. The molecule has 3 aromatic rings. The van der Waals surface area contributed by atoms with Crippen molar-refractivity contribution in [2.24, 2.45) is 0 Å². The Morgan fingerprint density at radius 2 is 1.59 bits per heavy atom. The first-order valence-corrected chi connectivity index (χ1v) is 7.80. The van der Waals surface area contributed by atoms with E-state index < -0.39 is 40.8 Å². The van der Waals surface area contributed by atoms with Crippen LogP contribution in [0.3, 0.4) is 0 Å². The van der Waals surface area contributed by atoms with Crippen LogP contribution in [-0.4, -0.2) is 28.1 Å². The van der Waals surface area contributed by atoms with Crippen LogP contribution in [0.2, 0.25) is 0 Å². The molecule has 5 nitrogen and oxygen atoms in total. The molecule has 0 saturated carbocycles. The predicted octanol–water partition coefficient (Wildman–Crippen LogP) is 3.31. The number of fused-ring (bicyclic) bond motifs is 1. The minimum atomic E-state index is -1.19. The van der Waals surface area contributed by atoms with Crippen molar-refractivity contribution in [2.75, 3.05) is 7.05 Å². The summed E-state index contributed by atoms with van der Waals surface area (Å²) in [5.41, 5.74) is -0.703. The Morgan fingerprint density at radius 3 is 2.22 bits per heavy atom. The molecular formula is C18H13F4N3O2. The van der Waals surface area contributed by atoms with Gasteiger partial charge in [0, 0.05) is 18.0 Å². The Balaban J connectivity index is 2.04. The molecular weight excluding hydrogens is 366 g/mol. The summed E-state index contributed by atoms with van der Waals surface area (Å²) in [6, 6.07) is 3.49. The van der Waals surface area contributed by atoms with Crippen LogP contribution in [0, 0.1) is 23.3 Å². The van der Waals surface area contributed by atoms with Gasteiger partial charge in [-0.05, 0) is 37.3 Å². The molecule has 0 radical (unpaired) electrons. The van der Waals surface area contributed by atoms with E-state index in [2.05, 4.69) is 10.2 Å². The van der Waals surface area contributed by atoms with Crippen LogP contribution in [-0.2, 0) is 0 Å². The molecule has 9 heteroatoms. The molecule has 1 N–H and O–H groups in total. The third-order valence-electron chi connectivity index (χ3n) is 4.32. The zero-order valence-electron chi connectivity index (χ0n) is 14.2. The van der Waals surface area contributed by atoms with Gasteiger partial charge in [-0.2, -0.15) is 5.10 Å². The smallest absolute Gasteiger partial charge is 0.272 e. The first kappa shape index (κ1) is 18.6. The van der Waals surface area contributed by atoms with Crippen LogP contribution in [0.4, 0.5) is 17.6 Å². The first-order chi connectivity index (χ1) is 12.7. The minimum Gasteiger partial charge on any atom is -0.333 e. The van der Waals surface area contributed by atoms with Crippen molar-refractivity contribution in [2.45, 2.75) is 13.0 Å². The number of benzene rings is 2. The van der Waals surface area contributed by atoms with E-state index in [4.69, 9.17) is 0 Å². The molecule has 1 aromatic heterocycles. The monoisotopic (exact) mass is 379 g/mol. The van der Waals surface area contributed by atoms with E-state index >= 15 is 0 Å². The molecule has 1 atom stereocenters. The Labute approximate surface area is 150 Å². The lowest BCUT2D eigenvalue weighted by molar-refractivity contribution is 0.0739. The van der Waals surface area contributed by atoms with Crippen molar-refractivity contribution in [3.05, 3.63) is 75.2 Å². The van der Waals surface area contributed by atoms with Crippen LogP contribution >= 0.6 is 0 Å². The zero-order chi connectivity index (χ0) is 19.9. The van der Waals surface area contributed by atoms with Crippen molar-refractivity contribution < 1.29 is 22.4 Å². The summed E-state index contributed by atoms with van der Waals surface area (Å²) >= 11 is 0. The number of halogens is 4. The van der Waals surface area contributed by atoms with Gasteiger partial charge in [0.2, 0.25) is 0 Å². The molecule has 0 aliphatic rings. The zero-order valence-corrected chi connectivity index (χ0v) is 14.2. The average molecular weight is 379 g/mol. The fourth-order valence-electron chi connectivity index (χ4n) is 2.69. The maximum absolute atomic E-state index is 13.7. The van der Waals surface area contributed by atoms with Crippen molar-refractivity contribution in [3.63, 3.8) is 0 Å². The number of amides is 1. The predicted molar refractivity (Wildman–Crippen MR) is 89.1 cm³/mol. The SMILES string of the molecule is CC(c1n[nH]c(=O)c2cc(F)c(F)cc12)N(C)C(=O)c1ccc(F)c(F)c1. The molecule has 2 aromatic carbocycles. The maximum Gasteiger partial charge on any atom is 0.272 e. The molecule has 0 bridgehead atoms. The molecule has 0 saturated heterocycles. The van der Waals surface area contributed by atoms with Crippen LogP contribution in [0.5, 0.6) is 0 Å². The third-order valence-corrected chi connectivity index (χ3v) is 4.32. The van der Waals surface area contributed by atoms with Gasteiger partial charge in [0.15, 0.2) is 23.3 Å². The van der Waals surface area contributed by atoms with E-state index in [9.17, 15) is 27.2 Å². The standard InChI is InChI=1S/C18H13F4N3O2/c1-8(25(2)18(27)9-3-4-12(19)13(20)5-9)16-10-6-14(21)15(22)7-11(10)17(26)24-23-16/h3-8H,1-2H3,(H,24,26). The third kappa shape index (κ3) is 3.27. The maximum atomic E-state index is 13.7. The van der Waals surface area contributed by atoms with Gasteiger partial charge in [0.05, 0.1) is 17.1 Å². The lowest BCUT2D eigenvalue weighted by atomic mass is 10.0. The summed E-state index contributed by atoms with van der Waals surface area (Å²) in [4.78, 5) is 25.6. The summed E-state index contributed by atoms with van der Waals surface area (Å²) in [6.45, 7) is 1.54. The molecule has 140 valence electrons. The summed E-state index contributed by atoms with van der Waals surface area (Å²) in [5.74, 6) is -5.27. The fraction of sp³-hybridized carbons (Fsp3) is 0.167. The Kier molecular flexibility index (Phi) is 4.69. The van der Waals surface area contributed by atoms with Crippen LogP contribution in [0.15, 0.2) is 35.1 Å². The topological polar surface area (TPSA) is 66.1 Å². The Bertz CT molecular complexity index is 1110. The highest BCUT2D eigenvalue weighted by molar-refractivity contribution is 5.94. The van der Waals surface area contributed by atoms with Gasteiger partial charge in [0.25, 0.3) is 11.5 Å². The number of rotatable bonds is 3. The number of hydrogen-bond acceptors (Lipinski definition) is 3. The summed E-state index contributed by atoms with van der Waals surface area (Å²) in [5, 5.41) is 5.94. The van der Waals surface area contributed by atoms with E-state index in [-0.39, 0.29) is 22.0 Å². The van der Waals surface area contributed by atoms with E-state index in [1.807, 2.05) is 0 Å². The highest BCUT2D eigenvalue weighted by Gasteiger charge is 2.24. The van der Waals surface area contributed by atoms with Gasteiger partial charge < -0.3 is 4.90 Å². The molecule has 1 amide bonds. The van der Waals surface area contributed by atoms with Gasteiger partial charge in [-0.1, -0.05) is 0 Å². The number of nitrogens with zero attached hydrogens (tertiary/aromatic N) is 2. The molecule has 1 unspecified atom stereocenters. The first-order valence-electron chi connectivity index (χ1n) is 7.80. The largest absolute Gasteiger partial charge is 0.333 e. The average Bonchev–Trinajstić information content (AvgIpc) is 2.64. The normalized spacial score (nSPS) is 12.2. The lowest BCUT2D eigenvalue weighted by Gasteiger charge is -2.25. The number of aromatic nitrogens is 2. The van der Waals surface area contributed by atoms with Gasteiger partial charge in [-0.15, -0.1) is 0 Å². The molecule has 1 heterocycles. The molecule has 0 aliphatic heterocycles. The van der Waals surface area contributed by atoms with Crippen molar-refractivity contribution in [1.29, 1.82) is 0 Å². The number of nitrogens with one attached hydrogen (secondary N) is 1. The Morgan fingerprint density at radius 1 is 1.00 bits per heavy atom. The lowest BCUT2D eigenvalue weighted by Crippen LogP contribution is -2.31. The van der Waals surface area contributed by atoms with Crippen molar-refractivity contribution in [1.82, 2.24) is 15.1 Å². The molecule has 27 heavy (non-hydrogen) atoms. The summed E-state index contributed by atoms with van der Waals surface area (Å²) < 4.78 is 53.6. The molecule has 0 fully saturated rings. The van der Waals surface area contributed by atoms with E-state index in [0.29, 0.717) is 0 Å². The molecule has 0 spiro atoms. The van der Waals surface area contributed by atoms with Gasteiger partial charge in [-0.3, -0.25) is 9.59 Å². The van der Waals surface area contributed by atoms with E-state index in [0.717, 1.165) is 35.2 Å². The molecule has 0 aliphatic carbocycles. The van der Waals surface area contributed by atoms with Crippen LogP contribution < -0.4 is 5.56 Å². The number of carbonyl (C=O) groups excluding carboxylic acids is 1. The van der Waals surface area contributed by atoms with Gasteiger partial charge >= 0.3 is 0 Å². The highest BCUT2D eigenvalue weighted by atomic mass is 19.2. The Hall–Kier alpha value is -3.23. The van der Waals surface area contributed by atoms with Crippen LogP contribution in [0.25, 0.3) is 10.8 Å². The molecule has 3 rings (SSSR count). The number of aromatic amines is 1. The highest BCUT2D eigenvalue weighted by Crippen LogP contribution is 2.26. The fourth-order valence-corrected chi connectivity index (χ4v) is 2.69. The van der Waals surface area contributed by atoms with Crippen LogP contribution in [0.1, 0.15) is 29.0 Å². The summed E-state index contributed by atoms with van der Waals surface area (Å²) in [7, 11) is 1.38. The van der Waals surface area contributed by atoms with Crippen molar-refractivity contribution >= 4 is 16.7 Å². The van der Waals surface area contributed by atoms with E-state index in [1.54, 1.807) is 6.92 Å². The van der Waals surface area contributed by atoms with Crippen molar-refractivity contribution in [3.8, 4) is 0 Å². The van der Waals surface area contributed by atoms with Gasteiger partial charge in [0.1, 0.15) is 0 Å². The second-order valence-electron chi connectivity index (χ2n) is 5.97. The second kappa shape index (κ2) is 6.82. The number of hydrogen-bond donors (Lipinski definition) is 1. The number of carbonyl (C=O) groups is 1. The van der Waals surface area contributed by atoms with E-state index in [1.165, 1.54) is 7.05 Å². The quantitative estimate of drug-likeness (QED) is 0.710. The minimum absolute atomic E-state index is 0.0371.